The summed E-state index contributed by atoms with van der Waals surface area (Å²) in [4.78, 5) is 15.4. The van der Waals surface area contributed by atoms with Gasteiger partial charge in [-0.1, -0.05) is 19.1 Å². The van der Waals surface area contributed by atoms with Gasteiger partial charge in [-0.25, -0.2) is 4.98 Å². The summed E-state index contributed by atoms with van der Waals surface area (Å²) in [5, 5.41) is 5.92. The molecule has 2 aromatic rings. The van der Waals surface area contributed by atoms with Crippen LogP contribution in [0.5, 0.6) is 5.75 Å². The summed E-state index contributed by atoms with van der Waals surface area (Å²) in [5.74, 6) is 1.25. The molecule has 1 amide bonds. The molecule has 0 spiro atoms. The highest BCUT2D eigenvalue weighted by Gasteiger charge is 2.03. The topological polar surface area (TPSA) is 63.2 Å². The van der Waals surface area contributed by atoms with Crippen LogP contribution in [0.15, 0.2) is 42.6 Å². The van der Waals surface area contributed by atoms with E-state index in [-0.39, 0.29) is 5.91 Å². The van der Waals surface area contributed by atoms with Gasteiger partial charge in [0.05, 0.1) is 24.7 Å². The summed E-state index contributed by atoms with van der Waals surface area (Å²) in [7, 11) is 1.63. The van der Waals surface area contributed by atoms with Gasteiger partial charge < -0.3 is 15.4 Å². The Bertz CT molecular complexity index is 582. The SMILES string of the molecule is CCC(=O)Nc1ccc(Nc2ccccc2OC)cn1. The molecule has 1 heterocycles. The molecule has 0 fully saturated rings. The molecule has 1 aromatic carbocycles. The maximum absolute atomic E-state index is 11.3. The van der Waals surface area contributed by atoms with Crippen LogP contribution >= 0.6 is 0 Å². The predicted molar refractivity (Wildman–Crippen MR) is 79.4 cm³/mol. The van der Waals surface area contributed by atoms with Crippen LogP contribution in [-0.4, -0.2) is 18.0 Å². The molecule has 0 radical (unpaired) electrons. The Balaban J connectivity index is 2.09. The van der Waals surface area contributed by atoms with Crippen molar-refractivity contribution in [2.45, 2.75) is 13.3 Å². The van der Waals surface area contributed by atoms with Crippen molar-refractivity contribution in [2.75, 3.05) is 17.7 Å². The minimum absolute atomic E-state index is 0.0528. The zero-order valence-electron chi connectivity index (χ0n) is 11.5. The third-order valence-electron chi connectivity index (χ3n) is 2.74. The molecule has 0 saturated carbocycles. The van der Waals surface area contributed by atoms with Gasteiger partial charge in [-0.05, 0) is 24.3 Å². The van der Waals surface area contributed by atoms with E-state index in [2.05, 4.69) is 15.6 Å². The number of amides is 1. The van der Waals surface area contributed by atoms with Crippen molar-refractivity contribution >= 4 is 23.1 Å². The van der Waals surface area contributed by atoms with E-state index in [9.17, 15) is 4.79 Å². The van der Waals surface area contributed by atoms with Gasteiger partial charge >= 0.3 is 0 Å². The molecular weight excluding hydrogens is 254 g/mol. The van der Waals surface area contributed by atoms with E-state index in [0.29, 0.717) is 12.2 Å². The molecule has 0 aliphatic rings. The number of anilines is 3. The lowest BCUT2D eigenvalue weighted by molar-refractivity contribution is -0.115. The summed E-state index contributed by atoms with van der Waals surface area (Å²) in [6, 6.07) is 11.2. The van der Waals surface area contributed by atoms with Gasteiger partial charge in [0.15, 0.2) is 0 Å². The number of carbonyl (C=O) groups excluding carboxylic acids is 1. The van der Waals surface area contributed by atoms with Crippen LogP contribution in [-0.2, 0) is 4.79 Å². The Hall–Kier alpha value is -2.56. The lowest BCUT2D eigenvalue weighted by Gasteiger charge is -2.11. The number of pyridine rings is 1. The molecule has 0 saturated heterocycles. The minimum atomic E-state index is -0.0528. The van der Waals surface area contributed by atoms with Gasteiger partial charge in [0, 0.05) is 6.42 Å². The summed E-state index contributed by atoms with van der Waals surface area (Å²) in [6.07, 6.45) is 2.10. The Morgan fingerprint density at radius 3 is 2.70 bits per heavy atom. The van der Waals surface area contributed by atoms with Crippen molar-refractivity contribution in [1.82, 2.24) is 4.98 Å². The molecule has 1 aromatic heterocycles. The van der Waals surface area contributed by atoms with Crippen LogP contribution in [0.3, 0.4) is 0 Å². The average Bonchev–Trinajstić information content (AvgIpc) is 2.49. The third-order valence-corrected chi connectivity index (χ3v) is 2.74. The second-order valence-electron chi connectivity index (χ2n) is 4.16. The number of methoxy groups -OCH3 is 1. The Labute approximate surface area is 118 Å². The Kier molecular flexibility index (Phi) is 4.55. The van der Waals surface area contributed by atoms with Gasteiger partial charge in [-0.2, -0.15) is 0 Å². The molecule has 0 unspecified atom stereocenters. The van der Waals surface area contributed by atoms with Crippen LogP contribution in [0.25, 0.3) is 0 Å². The number of aromatic nitrogens is 1. The van der Waals surface area contributed by atoms with Gasteiger partial charge in [0.1, 0.15) is 11.6 Å². The molecule has 0 bridgehead atoms. The molecule has 20 heavy (non-hydrogen) atoms. The zero-order valence-corrected chi connectivity index (χ0v) is 11.5. The normalized spacial score (nSPS) is 9.90. The molecule has 5 heteroatoms. The monoisotopic (exact) mass is 271 g/mol. The van der Waals surface area contributed by atoms with Crippen molar-refractivity contribution < 1.29 is 9.53 Å². The highest BCUT2D eigenvalue weighted by atomic mass is 16.5. The van der Waals surface area contributed by atoms with Gasteiger partial charge in [0.2, 0.25) is 5.91 Å². The van der Waals surface area contributed by atoms with E-state index in [1.807, 2.05) is 30.3 Å². The Morgan fingerprint density at radius 2 is 2.05 bits per heavy atom. The molecule has 0 aliphatic heterocycles. The van der Waals surface area contributed by atoms with Crippen molar-refractivity contribution in [3.63, 3.8) is 0 Å². The van der Waals surface area contributed by atoms with Crippen molar-refractivity contribution in [3.05, 3.63) is 42.6 Å². The van der Waals surface area contributed by atoms with Gasteiger partial charge in [0.25, 0.3) is 0 Å². The summed E-state index contributed by atoms with van der Waals surface area (Å²) >= 11 is 0. The van der Waals surface area contributed by atoms with Gasteiger partial charge in [-0.15, -0.1) is 0 Å². The number of rotatable bonds is 5. The lowest BCUT2D eigenvalue weighted by atomic mass is 10.2. The molecule has 2 N–H and O–H groups in total. The first-order valence-electron chi connectivity index (χ1n) is 6.39. The lowest BCUT2D eigenvalue weighted by Crippen LogP contribution is -2.10. The number of ether oxygens (including phenoxy) is 1. The Morgan fingerprint density at radius 1 is 1.25 bits per heavy atom. The van der Waals surface area contributed by atoms with Crippen LogP contribution in [0, 0.1) is 0 Å². The molecule has 2 rings (SSSR count). The number of nitrogens with zero attached hydrogens (tertiary/aromatic N) is 1. The molecule has 5 nitrogen and oxygen atoms in total. The molecule has 0 atom stereocenters. The van der Waals surface area contributed by atoms with Crippen molar-refractivity contribution in [2.24, 2.45) is 0 Å². The maximum Gasteiger partial charge on any atom is 0.225 e. The van der Waals surface area contributed by atoms with Crippen molar-refractivity contribution in [3.8, 4) is 5.75 Å². The zero-order chi connectivity index (χ0) is 14.4. The highest BCUT2D eigenvalue weighted by molar-refractivity contribution is 5.89. The summed E-state index contributed by atoms with van der Waals surface area (Å²) in [5.41, 5.74) is 1.69. The fraction of sp³-hybridized carbons (Fsp3) is 0.200. The highest BCUT2D eigenvalue weighted by Crippen LogP contribution is 2.26. The number of benzene rings is 1. The molecule has 104 valence electrons. The van der Waals surface area contributed by atoms with Crippen LogP contribution < -0.4 is 15.4 Å². The summed E-state index contributed by atoms with van der Waals surface area (Å²) < 4.78 is 5.27. The van der Waals surface area contributed by atoms with Crippen LogP contribution in [0.1, 0.15) is 13.3 Å². The predicted octanol–water partition coefficient (Wildman–Crippen LogP) is 3.18. The number of hydrogen-bond donors (Lipinski definition) is 2. The van der Waals surface area contributed by atoms with E-state index in [1.165, 1.54) is 0 Å². The number of hydrogen-bond acceptors (Lipinski definition) is 4. The fourth-order valence-corrected chi connectivity index (χ4v) is 1.68. The van der Waals surface area contributed by atoms with E-state index in [0.717, 1.165) is 17.1 Å². The minimum Gasteiger partial charge on any atom is -0.495 e. The van der Waals surface area contributed by atoms with Crippen LogP contribution in [0.2, 0.25) is 0 Å². The summed E-state index contributed by atoms with van der Waals surface area (Å²) in [6.45, 7) is 1.80. The number of para-hydroxylation sites is 2. The first-order chi connectivity index (χ1) is 9.72. The quantitative estimate of drug-likeness (QED) is 0.876. The second-order valence-corrected chi connectivity index (χ2v) is 4.16. The largest absolute Gasteiger partial charge is 0.495 e. The van der Waals surface area contributed by atoms with E-state index >= 15 is 0 Å². The first kappa shape index (κ1) is 13.9. The van der Waals surface area contributed by atoms with Crippen molar-refractivity contribution in [1.29, 1.82) is 0 Å². The first-order valence-corrected chi connectivity index (χ1v) is 6.39. The number of carbonyl (C=O) groups is 1. The molecular formula is C15H17N3O2. The van der Waals surface area contributed by atoms with E-state index in [1.54, 1.807) is 26.3 Å². The fourth-order valence-electron chi connectivity index (χ4n) is 1.68. The standard InChI is InChI=1S/C15H17N3O2/c1-3-15(19)18-14-9-8-11(10-16-14)17-12-6-4-5-7-13(12)20-2/h4-10,17H,3H2,1-2H3,(H,16,18,19). The molecule has 0 aliphatic carbocycles. The third kappa shape index (κ3) is 3.47. The van der Waals surface area contributed by atoms with Gasteiger partial charge in [-0.3, -0.25) is 4.79 Å². The smallest absolute Gasteiger partial charge is 0.225 e. The van der Waals surface area contributed by atoms with Crippen LogP contribution in [0.4, 0.5) is 17.2 Å². The van der Waals surface area contributed by atoms with E-state index in [4.69, 9.17) is 4.74 Å². The second kappa shape index (κ2) is 6.56. The maximum atomic E-state index is 11.3. The van der Waals surface area contributed by atoms with E-state index < -0.39 is 0 Å². The average molecular weight is 271 g/mol. The number of nitrogens with one attached hydrogen (secondary N) is 2.